The van der Waals surface area contributed by atoms with Crippen molar-refractivity contribution in [2.45, 2.75) is 19.8 Å². The van der Waals surface area contributed by atoms with Crippen LogP contribution in [0.4, 0.5) is 4.39 Å². The summed E-state index contributed by atoms with van der Waals surface area (Å²) in [7, 11) is 0. The number of hydrogen-bond donors (Lipinski definition) is 1. The van der Waals surface area contributed by atoms with E-state index in [-0.39, 0.29) is 29.4 Å². The fraction of sp³-hybridized carbons (Fsp3) is 0.462. The molecule has 0 aliphatic carbocycles. The van der Waals surface area contributed by atoms with Crippen molar-refractivity contribution in [1.82, 2.24) is 5.32 Å². The second-order valence-corrected chi connectivity index (χ2v) is 4.65. The molecule has 0 bridgehead atoms. The fourth-order valence-electron chi connectivity index (χ4n) is 2.16. The third kappa shape index (κ3) is 3.05. The first-order valence-electron chi connectivity index (χ1n) is 5.63. The van der Waals surface area contributed by atoms with E-state index in [4.69, 9.17) is 0 Å². The molecule has 1 aromatic rings. The standard InChI is InChI=1S/C13H16FNO.ClH/c1-13(6-8-15-9-7-13)12(16)10-2-4-11(14)5-3-10;/h2-5,15H,6-9H2,1H3;1H. The summed E-state index contributed by atoms with van der Waals surface area (Å²) in [6, 6.07) is 5.84. The maximum atomic E-state index is 12.8. The van der Waals surface area contributed by atoms with E-state index in [1.165, 1.54) is 12.1 Å². The van der Waals surface area contributed by atoms with Crippen LogP contribution in [-0.2, 0) is 0 Å². The molecule has 17 heavy (non-hydrogen) atoms. The molecular formula is C13H17ClFNO. The van der Waals surface area contributed by atoms with Crippen LogP contribution in [0.1, 0.15) is 30.1 Å². The highest BCUT2D eigenvalue weighted by atomic mass is 35.5. The summed E-state index contributed by atoms with van der Waals surface area (Å²) in [5, 5.41) is 3.24. The number of nitrogens with one attached hydrogen (secondary N) is 1. The van der Waals surface area contributed by atoms with Crippen LogP contribution < -0.4 is 5.32 Å². The molecule has 1 aliphatic heterocycles. The van der Waals surface area contributed by atoms with Gasteiger partial charge in [-0.05, 0) is 50.2 Å². The van der Waals surface area contributed by atoms with Crippen LogP contribution in [0.5, 0.6) is 0 Å². The van der Waals surface area contributed by atoms with E-state index in [9.17, 15) is 9.18 Å². The zero-order chi connectivity index (χ0) is 11.6. The van der Waals surface area contributed by atoms with Crippen molar-refractivity contribution in [1.29, 1.82) is 0 Å². The van der Waals surface area contributed by atoms with Crippen LogP contribution in [0.25, 0.3) is 0 Å². The normalized spacial score (nSPS) is 18.2. The fourth-order valence-corrected chi connectivity index (χ4v) is 2.16. The molecule has 0 aromatic heterocycles. The van der Waals surface area contributed by atoms with E-state index in [1.54, 1.807) is 12.1 Å². The van der Waals surface area contributed by atoms with Crippen LogP contribution in [0, 0.1) is 11.2 Å². The van der Waals surface area contributed by atoms with Gasteiger partial charge in [-0.15, -0.1) is 12.4 Å². The topological polar surface area (TPSA) is 29.1 Å². The van der Waals surface area contributed by atoms with Crippen molar-refractivity contribution in [2.75, 3.05) is 13.1 Å². The molecule has 0 saturated carbocycles. The van der Waals surface area contributed by atoms with Gasteiger partial charge in [0, 0.05) is 11.0 Å². The first-order chi connectivity index (χ1) is 7.62. The Morgan fingerprint density at radius 1 is 1.24 bits per heavy atom. The molecule has 2 rings (SSSR count). The van der Waals surface area contributed by atoms with Gasteiger partial charge in [-0.1, -0.05) is 6.92 Å². The quantitative estimate of drug-likeness (QED) is 0.826. The summed E-state index contributed by atoms with van der Waals surface area (Å²) in [6.07, 6.45) is 1.70. The third-order valence-corrected chi connectivity index (χ3v) is 3.36. The van der Waals surface area contributed by atoms with Gasteiger partial charge in [0.1, 0.15) is 5.82 Å². The van der Waals surface area contributed by atoms with E-state index in [0.29, 0.717) is 5.56 Å². The number of ketones is 1. The maximum Gasteiger partial charge on any atom is 0.168 e. The Hall–Kier alpha value is -0.930. The molecule has 0 unspecified atom stereocenters. The summed E-state index contributed by atoms with van der Waals surface area (Å²) >= 11 is 0. The van der Waals surface area contributed by atoms with Crippen molar-refractivity contribution in [3.63, 3.8) is 0 Å². The maximum absolute atomic E-state index is 12.8. The number of carbonyl (C=O) groups is 1. The van der Waals surface area contributed by atoms with Crippen molar-refractivity contribution >= 4 is 18.2 Å². The lowest BCUT2D eigenvalue weighted by atomic mass is 9.75. The third-order valence-electron chi connectivity index (χ3n) is 3.36. The Balaban J connectivity index is 0.00000144. The highest BCUT2D eigenvalue weighted by Gasteiger charge is 2.34. The summed E-state index contributed by atoms with van der Waals surface area (Å²) in [6.45, 7) is 3.76. The molecule has 1 heterocycles. The molecule has 1 fully saturated rings. The van der Waals surface area contributed by atoms with Crippen molar-refractivity contribution in [3.05, 3.63) is 35.6 Å². The van der Waals surface area contributed by atoms with Crippen LogP contribution in [0.3, 0.4) is 0 Å². The lowest BCUT2D eigenvalue weighted by molar-refractivity contribution is 0.0762. The second-order valence-electron chi connectivity index (χ2n) is 4.65. The first kappa shape index (κ1) is 14.1. The Morgan fingerprint density at radius 3 is 2.29 bits per heavy atom. The van der Waals surface area contributed by atoms with E-state index >= 15 is 0 Å². The highest BCUT2D eigenvalue weighted by Crippen LogP contribution is 2.32. The number of rotatable bonds is 2. The zero-order valence-electron chi connectivity index (χ0n) is 9.83. The summed E-state index contributed by atoms with van der Waals surface area (Å²) in [4.78, 5) is 12.3. The van der Waals surface area contributed by atoms with Gasteiger partial charge in [0.2, 0.25) is 0 Å². The molecule has 0 radical (unpaired) electrons. The van der Waals surface area contributed by atoms with Gasteiger partial charge in [-0.2, -0.15) is 0 Å². The molecule has 1 aromatic carbocycles. The SMILES string of the molecule is CC1(C(=O)c2ccc(F)cc2)CCNCC1.Cl. The molecule has 1 saturated heterocycles. The summed E-state index contributed by atoms with van der Waals surface area (Å²) < 4.78 is 12.8. The Bertz CT molecular complexity index is 385. The Morgan fingerprint density at radius 2 is 1.76 bits per heavy atom. The average molecular weight is 258 g/mol. The van der Waals surface area contributed by atoms with Gasteiger partial charge in [-0.3, -0.25) is 4.79 Å². The van der Waals surface area contributed by atoms with E-state index in [1.807, 2.05) is 6.92 Å². The van der Waals surface area contributed by atoms with Gasteiger partial charge in [0.05, 0.1) is 0 Å². The second kappa shape index (κ2) is 5.61. The van der Waals surface area contributed by atoms with Crippen LogP contribution >= 0.6 is 12.4 Å². The number of Topliss-reactive ketones (excluding diaryl/α,β-unsaturated/α-hetero) is 1. The van der Waals surface area contributed by atoms with Crippen molar-refractivity contribution < 1.29 is 9.18 Å². The molecule has 1 aliphatic rings. The van der Waals surface area contributed by atoms with Crippen LogP contribution in [0.15, 0.2) is 24.3 Å². The Kier molecular flexibility index (Phi) is 4.66. The molecule has 0 amide bonds. The van der Waals surface area contributed by atoms with E-state index < -0.39 is 0 Å². The first-order valence-corrected chi connectivity index (χ1v) is 5.63. The molecular weight excluding hydrogens is 241 g/mol. The van der Waals surface area contributed by atoms with E-state index in [0.717, 1.165) is 25.9 Å². The number of carbonyl (C=O) groups excluding carboxylic acids is 1. The smallest absolute Gasteiger partial charge is 0.168 e. The van der Waals surface area contributed by atoms with Gasteiger partial charge >= 0.3 is 0 Å². The minimum absolute atomic E-state index is 0. The molecule has 1 N–H and O–H groups in total. The van der Waals surface area contributed by atoms with Crippen LogP contribution in [-0.4, -0.2) is 18.9 Å². The molecule has 94 valence electrons. The summed E-state index contributed by atoms with van der Waals surface area (Å²) in [5.74, 6) is -0.166. The monoisotopic (exact) mass is 257 g/mol. The largest absolute Gasteiger partial charge is 0.317 e. The predicted molar refractivity (Wildman–Crippen MR) is 68.2 cm³/mol. The number of hydrogen-bond acceptors (Lipinski definition) is 2. The summed E-state index contributed by atoms with van der Waals surface area (Å²) in [5.41, 5.74) is 0.328. The molecule has 4 heteroatoms. The van der Waals surface area contributed by atoms with Gasteiger partial charge in [0.25, 0.3) is 0 Å². The molecule has 0 spiro atoms. The molecule has 2 nitrogen and oxygen atoms in total. The average Bonchev–Trinajstić information content (AvgIpc) is 2.30. The lowest BCUT2D eigenvalue weighted by Gasteiger charge is -2.32. The van der Waals surface area contributed by atoms with Gasteiger partial charge in [0.15, 0.2) is 5.78 Å². The predicted octanol–water partition coefficient (Wildman–Crippen LogP) is 2.82. The molecule has 0 atom stereocenters. The Labute approximate surface area is 107 Å². The minimum atomic E-state index is -0.299. The number of halogens is 2. The van der Waals surface area contributed by atoms with Crippen LogP contribution in [0.2, 0.25) is 0 Å². The van der Waals surface area contributed by atoms with Gasteiger partial charge < -0.3 is 5.32 Å². The van der Waals surface area contributed by atoms with Crippen molar-refractivity contribution in [2.24, 2.45) is 5.41 Å². The number of benzene rings is 1. The highest BCUT2D eigenvalue weighted by molar-refractivity contribution is 6.00. The number of piperidine rings is 1. The van der Waals surface area contributed by atoms with Crippen molar-refractivity contribution in [3.8, 4) is 0 Å². The van der Waals surface area contributed by atoms with Gasteiger partial charge in [-0.25, -0.2) is 4.39 Å². The minimum Gasteiger partial charge on any atom is -0.317 e. The zero-order valence-corrected chi connectivity index (χ0v) is 10.6. The lowest BCUT2D eigenvalue weighted by Crippen LogP contribution is -2.40. The van der Waals surface area contributed by atoms with E-state index in [2.05, 4.69) is 5.32 Å².